The normalized spacial score (nSPS) is 14.8. The molecule has 1 aliphatic heterocycles. The minimum Gasteiger partial charge on any atom is -0.493 e. The number of anilines is 2. The van der Waals surface area contributed by atoms with Crippen LogP contribution in [0.25, 0.3) is 10.6 Å². The lowest BCUT2D eigenvalue weighted by molar-refractivity contribution is -0.141. The Morgan fingerprint density at radius 3 is 2.31 bits per heavy atom. The summed E-state index contributed by atoms with van der Waals surface area (Å²) in [5.74, 6) is 1.64. The van der Waals surface area contributed by atoms with E-state index in [9.17, 15) is 13.2 Å². The summed E-state index contributed by atoms with van der Waals surface area (Å²) in [5.41, 5.74) is 0.966. The van der Waals surface area contributed by atoms with Gasteiger partial charge in [-0.3, -0.25) is 4.90 Å². The summed E-state index contributed by atoms with van der Waals surface area (Å²) >= 11 is 1.56. The van der Waals surface area contributed by atoms with E-state index in [2.05, 4.69) is 14.9 Å². The average Bonchev–Trinajstić information content (AvgIpc) is 3.31. The van der Waals surface area contributed by atoms with Crippen molar-refractivity contribution in [2.45, 2.75) is 12.7 Å². The van der Waals surface area contributed by atoms with E-state index in [0.717, 1.165) is 22.3 Å². The average molecular weight is 509 g/mol. The third-order valence-corrected chi connectivity index (χ3v) is 6.60. The Morgan fingerprint density at radius 1 is 0.971 bits per heavy atom. The van der Waals surface area contributed by atoms with Gasteiger partial charge in [-0.1, -0.05) is 0 Å². The van der Waals surface area contributed by atoms with E-state index in [1.807, 2.05) is 28.5 Å². The van der Waals surface area contributed by atoms with Crippen LogP contribution in [0.3, 0.4) is 0 Å². The van der Waals surface area contributed by atoms with E-state index in [4.69, 9.17) is 14.5 Å². The number of hydrogen-bond acceptors (Lipinski definition) is 9. The van der Waals surface area contributed by atoms with Crippen LogP contribution in [-0.2, 0) is 12.7 Å². The molecule has 1 aromatic carbocycles. The zero-order valence-electron chi connectivity index (χ0n) is 20.0. The van der Waals surface area contributed by atoms with Gasteiger partial charge in [0.15, 0.2) is 17.2 Å². The highest BCUT2D eigenvalue weighted by Gasteiger charge is 2.35. The molecule has 2 aromatic heterocycles. The van der Waals surface area contributed by atoms with E-state index in [-0.39, 0.29) is 5.95 Å². The smallest absolute Gasteiger partial charge is 0.433 e. The quantitative estimate of drug-likeness (QED) is 0.474. The number of rotatable bonds is 7. The zero-order chi connectivity index (χ0) is 25.2. The number of benzene rings is 1. The van der Waals surface area contributed by atoms with Crippen molar-refractivity contribution in [1.29, 1.82) is 0 Å². The Bertz CT molecular complexity index is 1160. The standard InChI is InChI=1S/C23H27F3N6O2S/c1-30(2)22-28-19(23(24,25)26)12-20(29-22)32-9-7-31(8-10-32)13-16-14-35-21(27-16)15-5-6-17(33-3)18(11-15)34-4/h5-6,11-12,14H,7-10,13H2,1-4H3. The van der Waals surface area contributed by atoms with Gasteiger partial charge in [-0.25, -0.2) is 9.97 Å². The molecule has 4 rings (SSSR count). The molecule has 1 saturated heterocycles. The summed E-state index contributed by atoms with van der Waals surface area (Å²) in [5, 5.41) is 2.92. The summed E-state index contributed by atoms with van der Waals surface area (Å²) in [6, 6.07) is 6.73. The molecule has 0 unspecified atom stereocenters. The zero-order valence-corrected chi connectivity index (χ0v) is 20.8. The molecule has 0 spiro atoms. The van der Waals surface area contributed by atoms with Crippen molar-refractivity contribution in [3.8, 4) is 22.1 Å². The van der Waals surface area contributed by atoms with Gasteiger partial charge in [0.1, 0.15) is 10.8 Å². The van der Waals surface area contributed by atoms with Crippen molar-refractivity contribution in [1.82, 2.24) is 19.9 Å². The lowest BCUT2D eigenvalue weighted by atomic mass is 10.2. The Kier molecular flexibility index (Phi) is 7.31. The van der Waals surface area contributed by atoms with Crippen molar-refractivity contribution in [3.63, 3.8) is 0 Å². The minimum absolute atomic E-state index is 0.0439. The third-order valence-electron chi connectivity index (χ3n) is 5.66. The molecular formula is C23H27F3N6O2S. The highest BCUT2D eigenvalue weighted by Crippen LogP contribution is 2.34. The van der Waals surface area contributed by atoms with E-state index >= 15 is 0 Å². The van der Waals surface area contributed by atoms with E-state index in [1.165, 1.54) is 4.90 Å². The van der Waals surface area contributed by atoms with Crippen LogP contribution in [0.1, 0.15) is 11.4 Å². The van der Waals surface area contributed by atoms with Gasteiger partial charge in [0.05, 0.1) is 19.9 Å². The van der Waals surface area contributed by atoms with Gasteiger partial charge in [0, 0.05) is 63.8 Å². The van der Waals surface area contributed by atoms with Crippen LogP contribution in [-0.4, -0.2) is 74.3 Å². The van der Waals surface area contributed by atoms with E-state index in [1.54, 1.807) is 39.7 Å². The maximum absolute atomic E-state index is 13.3. The molecule has 35 heavy (non-hydrogen) atoms. The fourth-order valence-electron chi connectivity index (χ4n) is 3.77. The number of alkyl halides is 3. The molecule has 0 radical (unpaired) electrons. The van der Waals surface area contributed by atoms with Crippen LogP contribution in [0, 0.1) is 0 Å². The molecule has 1 fully saturated rings. The number of nitrogens with zero attached hydrogens (tertiary/aromatic N) is 6. The summed E-state index contributed by atoms with van der Waals surface area (Å²) in [6.07, 6.45) is -4.53. The highest BCUT2D eigenvalue weighted by atomic mass is 32.1. The van der Waals surface area contributed by atoms with E-state index < -0.39 is 11.9 Å². The van der Waals surface area contributed by atoms with Gasteiger partial charge >= 0.3 is 6.18 Å². The van der Waals surface area contributed by atoms with Crippen molar-refractivity contribution in [2.24, 2.45) is 0 Å². The number of hydrogen-bond donors (Lipinski definition) is 0. The monoisotopic (exact) mass is 508 g/mol. The first-order valence-electron chi connectivity index (χ1n) is 11.0. The molecular weight excluding hydrogens is 481 g/mol. The second-order valence-corrected chi connectivity index (χ2v) is 9.14. The predicted octanol–water partition coefficient (Wildman–Crippen LogP) is 4.02. The number of piperazine rings is 1. The lowest BCUT2D eigenvalue weighted by Crippen LogP contribution is -2.46. The summed E-state index contributed by atoms with van der Waals surface area (Å²) in [7, 11) is 6.45. The van der Waals surface area contributed by atoms with Gasteiger partial charge in [-0.15, -0.1) is 11.3 Å². The minimum atomic E-state index is -4.53. The molecule has 0 saturated carbocycles. The molecule has 0 N–H and O–H groups in total. The van der Waals surface area contributed by atoms with Crippen molar-refractivity contribution in [2.75, 3.05) is 64.3 Å². The van der Waals surface area contributed by atoms with Gasteiger partial charge < -0.3 is 19.3 Å². The second-order valence-electron chi connectivity index (χ2n) is 8.28. The third kappa shape index (κ3) is 5.76. The molecule has 1 aliphatic rings. The molecule has 8 nitrogen and oxygen atoms in total. The number of halogens is 3. The van der Waals surface area contributed by atoms with Crippen LogP contribution in [0.2, 0.25) is 0 Å². The summed E-state index contributed by atoms with van der Waals surface area (Å²) < 4.78 is 50.7. The molecule has 0 atom stereocenters. The predicted molar refractivity (Wildman–Crippen MR) is 130 cm³/mol. The lowest BCUT2D eigenvalue weighted by Gasteiger charge is -2.35. The van der Waals surface area contributed by atoms with Crippen LogP contribution in [0.4, 0.5) is 24.9 Å². The highest BCUT2D eigenvalue weighted by molar-refractivity contribution is 7.13. The fourth-order valence-corrected chi connectivity index (χ4v) is 4.58. The number of aromatic nitrogens is 3. The molecule has 188 valence electrons. The number of thiazole rings is 1. The first kappa shape index (κ1) is 25.0. The van der Waals surface area contributed by atoms with Crippen LogP contribution in [0.5, 0.6) is 11.5 Å². The largest absolute Gasteiger partial charge is 0.493 e. The molecule has 3 heterocycles. The number of ether oxygens (including phenoxy) is 2. The van der Waals surface area contributed by atoms with Gasteiger partial charge in [0.25, 0.3) is 0 Å². The van der Waals surface area contributed by atoms with Crippen LogP contribution < -0.4 is 19.3 Å². The second kappa shape index (κ2) is 10.2. The van der Waals surface area contributed by atoms with Gasteiger partial charge in [-0.2, -0.15) is 18.2 Å². The molecule has 0 aliphatic carbocycles. The Balaban J connectivity index is 1.41. The van der Waals surface area contributed by atoms with Crippen LogP contribution in [0.15, 0.2) is 29.6 Å². The molecule has 3 aromatic rings. The topological polar surface area (TPSA) is 66.9 Å². The van der Waals surface area contributed by atoms with Crippen molar-refractivity contribution >= 4 is 23.1 Å². The summed E-state index contributed by atoms with van der Waals surface area (Å²) in [4.78, 5) is 18.3. The Morgan fingerprint density at radius 2 is 1.69 bits per heavy atom. The molecule has 12 heteroatoms. The Hall–Kier alpha value is -3.12. The molecule has 0 amide bonds. The van der Waals surface area contributed by atoms with Gasteiger partial charge in [0.2, 0.25) is 5.95 Å². The molecule has 0 bridgehead atoms. The fraction of sp³-hybridized carbons (Fsp3) is 0.435. The summed E-state index contributed by atoms with van der Waals surface area (Å²) in [6.45, 7) is 3.16. The van der Waals surface area contributed by atoms with Crippen molar-refractivity contribution in [3.05, 3.63) is 41.0 Å². The Labute approximate surface area is 205 Å². The van der Waals surface area contributed by atoms with Gasteiger partial charge in [-0.05, 0) is 18.2 Å². The maximum Gasteiger partial charge on any atom is 0.433 e. The maximum atomic E-state index is 13.3. The first-order valence-corrected chi connectivity index (χ1v) is 11.8. The SMILES string of the molecule is COc1ccc(-c2nc(CN3CCN(c4cc(C(F)(F)F)nc(N(C)C)n4)CC3)cs2)cc1OC. The van der Waals surface area contributed by atoms with E-state index in [0.29, 0.717) is 50.0 Å². The van der Waals surface area contributed by atoms with Crippen LogP contribution >= 0.6 is 11.3 Å². The first-order chi connectivity index (χ1) is 16.7. The number of methoxy groups -OCH3 is 2. The van der Waals surface area contributed by atoms with Crippen molar-refractivity contribution < 1.29 is 22.6 Å².